The van der Waals surface area contributed by atoms with Gasteiger partial charge in [-0.2, -0.15) is 0 Å². The first kappa shape index (κ1) is 15.7. The van der Waals surface area contributed by atoms with Crippen LogP contribution in [0, 0.1) is 15.9 Å². The molecule has 1 aromatic carbocycles. The summed E-state index contributed by atoms with van der Waals surface area (Å²) in [5, 5.41) is 13.7. The highest BCUT2D eigenvalue weighted by molar-refractivity contribution is 6.19. The van der Waals surface area contributed by atoms with E-state index in [1.165, 1.54) is 0 Å². The zero-order valence-electron chi connectivity index (χ0n) is 11.1. The third kappa shape index (κ3) is 3.48. The summed E-state index contributed by atoms with van der Waals surface area (Å²) in [5.41, 5.74) is -1.40. The van der Waals surface area contributed by atoms with Gasteiger partial charge in [-0.25, -0.2) is 4.39 Å². The second-order valence-electron chi connectivity index (χ2n) is 4.90. The van der Waals surface area contributed by atoms with Gasteiger partial charge in [0.1, 0.15) is 11.4 Å². The molecule has 1 heterocycles. The van der Waals surface area contributed by atoms with Crippen LogP contribution in [0.5, 0.6) is 0 Å². The van der Waals surface area contributed by atoms with Crippen LogP contribution in [-0.4, -0.2) is 35.5 Å². The van der Waals surface area contributed by atoms with Gasteiger partial charge in [0, 0.05) is 19.1 Å². The van der Waals surface area contributed by atoms with Gasteiger partial charge in [0.25, 0.3) is 11.6 Å². The number of halogens is 2. The van der Waals surface area contributed by atoms with Gasteiger partial charge in [-0.05, 0) is 25.0 Å². The lowest BCUT2D eigenvalue weighted by Gasteiger charge is -2.36. The minimum atomic E-state index is -0.782. The Bertz CT molecular complexity index is 561. The molecule has 1 fully saturated rings. The summed E-state index contributed by atoms with van der Waals surface area (Å²) >= 11 is 5.93. The highest BCUT2D eigenvalue weighted by Crippen LogP contribution is 2.25. The first-order valence-electron chi connectivity index (χ1n) is 6.38. The quantitative estimate of drug-likeness (QED) is 0.525. The first-order chi connectivity index (χ1) is 9.97. The van der Waals surface area contributed by atoms with Crippen molar-refractivity contribution < 1.29 is 18.8 Å². The molecule has 1 aliphatic heterocycles. The van der Waals surface area contributed by atoms with Crippen LogP contribution >= 0.6 is 11.6 Å². The minimum Gasteiger partial charge on any atom is -0.381 e. The molecule has 0 radical (unpaired) electrons. The molecule has 0 atom stereocenters. The topological polar surface area (TPSA) is 81.5 Å². The number of ether oxygens (including phenoxy) is 1. The zero-order valence-corrected chi connectivity index (χ0v) is 11.9. The fraction of sp³-hybridized carbons (Fsp3) is 0.462. The predicted molar refractivity (Wildman–Crippen MR) is 74.0 cm³/mol. The van der Waals surface area contributed by atoms with E-state index in [-0.39, 0.29) is 11.4 Å². The van der Waals surface area contributed by atoms with Gasteiger partial charge in [-0.3, -0.25) is 14.9 Å². The molecule has 1 aliphatic rings. The fourth-order valence-electron chi connectivity index (χ4n) is 2.21. The van der Waals surface area contributed by atoms with Crippen molar-refractivity contribution in [3.63, 3.8) is 0 Å². The zero-order chi connectivity index (χ0) is 15.5. The van der Waals surface area contributed by atoms with Crippen LogP contribution in [0.2, 0.25) is 0 Å². The molecule has 1 N–H and O–H groups in total. The molecule has 21 heavy (non-hydrogen) atoms. The summed E-state index contributed by atoms with van der Waals surface area (Å²) in [6, 6.07) is 2.84. The molecule has 6 nitrogen and oxygen atoms in total. The molecule has 0 saturated carbocycles. The lowest BCUT2D eigenvalue weighted by atomic mass is 9.91. The van der Waals surface area contributed by atoms with Crippen molar-refractivity contribution in [2.24, 2.45) is 0 Å². The Hall–Kier alpha value is -1.73. The highest BCUT2D eigenvalue weighted by atomic mass is 35.5. The van der Waals surface area contributed by atoms with Gasteiger partial charge >= 0.3 is 0 Å². The third-order valence-electron chi connectivity index (χ3n) is 3.49. The number of rotatable bonds is 4. The number of nitro groups is 1. The number of alkyl halides is 1. The largest absolute Gasteiger partial charge is 0.381 e. The Balaban J connectivity index is 2.25. The maximum Gasteiger partial charge on any atom is 0.285 e. The van der Waals surface area contributed by atoms with Crippen molar-refractivity contribution in [2.75, 3.05) is 19.1 Å². The smallest absolute Gasteiger partial charge is 0.285 e. The van der Waals surface area contributed by atoms with E-state index in [9.17, 15) is 19.3 Å². The van der Waals surface area contributed by atoms with E-state index in [0.717, 1.165) is 18.2 Å². The van der Waals surface area contributed by atoms with Crippen LogP contribution in [0.15, 0.2) is 18.2 Å². The van der Waals surface area contributed by atoms with Crippen molar-refractivity contribution in [1.82, 2.24) is 5.32 Å². The average Bonchev–Trinajstić information content (AvgIpc) is 2.47. The van der Waals surface area contributed by atoms with Gasteiger partial charge in [-0.1, -0.05) is 0 Å². The Morgan fingerprint density at radius 3 is 2.71 bits per heavy atom. The molecule has 2 rings (SSSR count). The molecule has 1 amide bonds. The Kier molecular flexibility index (Phi) is 4.74. The second-order valence-corrected chi connectivity index (χ2v) is 5.17. The summed E-state index contributed by atoms with van der Waals surface area (Å²) in [5.74, 6) is -1.22. The van der Waals surface area contributed by atoms with Crippen LogP contribution < -0.4 is 5.32 Å². The van der Waals surface area contributed by atoms with E-state index in [1.807, 2.05) is 0 Å². The average molecular weight is 317 g/mol. The molecule has 1 aromatic rings. The van der Waals surface area contributed by atoms with Crippen molar-refractivity contribution in [2.45, 2.75) is 18.4 Å². The SMILES string of the molecule is O=C(NC1(CCl)CCOCC1)c1ccc(F)cc1[N+](=O)[O-]. The van der Waals surface area contributed by atoms with E-state index in [2.05, 4.69) is 5.32 Å². The summed E-state index contributed by atoms with van der Waals surface area (Å²) in [7, 11) is 0. The van der Waals surface area contributed by atoms with Crippen LogP contribution in [0.25, 0.3) is 0 Å². The normalized spacial score (nSPS) is 17.2. The number of nitro benzene ring substituents is 1. The van der Waals surface area contributed by atoms with Gasteiger partial charge in [0.15, 0.2) is 0 Å². The molecule has 0 bridgehead atoms. The lowest BCUT2D eigenvalue weighted by molar-refractivity contribution is -0.385. The van der Waals surface area contributed by atoms with E-state index >= 15 is 0 Å². The summed E-state index contributed by atoms with van der Waals surface area (Å²) in [4.78, 5) is 22.4. The van der Waals surface area contributed by atoms with E-state index in [4.69, 9.17) is 16.3 Å². The Labute approximate surface area is 125 Å². The van der Waals surface area contributed by atoms with Crippen molar-refractivity contribution in [1.29, 1.82) is 0 Å². The molecule has 0 spiro atoms. The second kappa shape index (κ2) is 6.36. The lowest BCUT2D eigenvalue weighted by Crippen LogP contribution is -2.53. The van der Waals surface area contributed by atoms with E-state index in [1.54, 1.807) is 0 Å². The van der Waals surface area contributed by atoms with Gasteiger partial charge in [-0.15, -0.1) is 11.6 Å². The number of hydrogen-bond acceptors (Lipinski definition) is 4. The highest BCUT2D eigenvalue weighted by Gasteiger charge is 2.35. The number of nitrogens with zero attached hydrogens (tertiary/aromatic N) is 1. The molecular weight excluding hydrogens is 303 g/mol. The van der Waals surface area contributed by atoms with Crippen LogP contribution in [0.3, 0.4) is 0 Å². The van der Waals surface area contributed by atoms with E-state index < -0.39 is 27.9 Å². The maximum atomic E-state index is 13.1. The number of nitrogens with one attached hydrogen (secondary N) is 1. The van der Waals surface area contributed by atoms with Crippen molar-refractivity contribution in [3.05, 3.63) is 39.7 Å². The van der Waals surface area contributed by atoms with Gasteiger partial charge in [0.2, 0.25) is 0 Å². The van der Waals surface area contributed by atoms with Crippen LogP contribution in [0.1, 0.15) is 23.2 Å². The number of carbonyl (C=O) groups is 1. The maximum absolute atomic E-state index is 13.1. The fourth-order valence-corrected chi connectivity index (χ4v) is 2.54. The number of benzene rings is 1. The first-order valence-corrected chi connectivity index (χ1v) is 6.91. The molecule has 0 unspecified atom stereocenters. The molecule has 8 heteroatoms. The van der Waals surface area contributed by atoms with Crippen molar-refractivity contribution >= 4 is 23.2 Å². The summed E-state index contributed by atoms with van der Waals surface area (Å²) in [6.45, 7) is 0.914. The number of amides is 1. The standard InChI is InChI=1S/C13H14ClFN2O4/c14-8-13(3-5-21-6-4-13)16-12(18)10-2-1-9(15)7-11(10)17(19)20/h1-2,7H,3-6,8H2,(H,16,18). The molecule has 114 valence electrons. The number of hydrogen-bond donors (Lipinski definition) is 1. The number of carbonyl (C=O) groups excluding carboxylic acids is 1. The predicted octanol–water partition coefficient (Wildman–Crippen LogP) is 2.25. The summed E-state index contributed by atoms with van der Waals surface area (Å²) in [6.07, 6.45) is 1.05. The van der Waals surface area contributed by atoms with Gasteiger partial charge in [0.05, 0.1) is 16.5 Å². The molecule has 1 saturated heterocycles. The molecule has 0 aromatic heterocycles. The monoisotopic (exact) mass is 316 g/mol. The van der Waals surface area contributed by atoms with Crippen molar-refractivity contribution in [3.8, 4) is 0 Å². The third-order valence-corrected chi connectivity index (χ3v) is 4.00. The minimum absolute atomic E-state index is 0.178. The van der Waals surface area contributed by atoms with Crippen LogP contribution in [-0.2, 0) is 4.74 Å². The Morgan fingerprint density at radius 1 is 1.48 bits per heavy atom. The van der Waals surface area contributed by atoms with Gasteiger partial charge < -0.3 is 10.1 Å². The molecular formula is C13H14ClFN2O4. The Morgan fingerprint density at radius 2 is 2.14 bits per heavy atom. The van der Waals surface area contributed by atoms with Crippen LogP contribution in [0.4, 0.5) is 10.1 Å². The summed E-state index contributed by atoms with van der Waals surface area (Å²) < 4.78 is 18.3. The van der Waals surface area contributed by atoms with E-state index in [0.29, 0.717) is 26.1 Å². The molecule has 0 aliphatic carbocycles.